The Labute approximate surface area is 146 Å². The number of piperazine rings is 1. The Bertz CT molecular complexity index is 788. The average molecular weight is 340 g/mol. The van der Waals surface area contributed by atoms with Crippen molar-refractivity contribution in [3.63, 3.8) is 0 Å². The number of pyridine rings is 1. The molecule has 1 fully saturated rings. The Kier molecular flexibility index (Phi) is 4.95. The molecule has 8 nitrogen and oxygen atoms in total. The first kappa shape index (κ1) is 16.9. The number of hydrogen-bond acceptors (Lipinski definition) is 7. The molecule has 1 amide bonds. The molecule has 1 atom stereocenters. The third-order valence-corrected chi connectivity index (χ3v) is 4.32. The molecule has 130 valence electrons. The summed E-state index contributed by atoms with van der Waals surface area (Å²) in [6, 6.07) is 7.11. The molecular formula is C17H20N6O2. The van der Waals surface area contributed by atoms with Crippen molar-refractivity contribution >= 4 is 17.6 Å². The summed E-state index contributed by atoms with van der Waals surface area (Å²) in [6.07, 6.45) is 1.69. The van der Waals surface area contributed by atoms with E-state index in [1.165, 1.54) is 0 Å². The molecule has 1 aliphatic rings. The predicted molar refractivity (Wildman–Crippen MR) is 92.1 cm³/mol. The molecule has 8 heteroatoms. The van der Waals surface area contributed by atoms with E-state index in [0.29, 0.717) is 43.4 Å². The highest BCUT2D eigenvalue weighted by molar-refractivity contribution is 5.93. The molecular weight excluding hydrogens is 320 g/mol. The molecule has 0 bridgehead atoms. The van der Waals surface area contributed by atoms with Crippen LogP contribution in [0, 0.1) is 18.3 Å². The minimum atomic E-state index is -0.285. The number of amides is 1. The maximum atomic E-state index is 12.4. The fourth-order valence-electron chi connectivity index (χ4n) is 2.87. The molecule has 1 saturated heterocycles. The minimum absolute atomic E-state index is 0.125. The fraction of sp³-hybridized carbons (Fsp3) is 0.412. The van der Waals surface area contributed by atoms with Gasteiger partial charge in [0.05, 0.1) is 17.3 Å². The molecule has 0 aromatic carbocycles. The average Bonchev–Trinajstić information content (AvgIpc) is 3.06. The van der Waals surface area contributed by atoms with Crippen LogP contribution in [-0.2, 0) is 4.79 Å². The van der Waals surface area contributed by atoms with E-state index in [9.17, 15) is 10.1 Å². The van der Waals surface area contributed by atoms with Crippen molar-refractivity contribution in [1.29, 1.82) is 5.26 Å². The summed E-state index contributed by atoms with van der Waals surface area (Å²) < 4.78 is 5.03. The lowest BCUT2D eigenvalue weighted by Gasteiger charge is -2.38. The number of nitrogens with zero attached hydrogens (tertiary/aromatic N) is 5. The fourth-order valence-corrected chi connectivity index (χ4v) is 2.87. The van der Waals surface area contributed by atoms with Gasteiger partial charge in [-0.05, 0) is 26.0 Å². The lowest BCUT2D eigenvalue weighted by molar-refractivity contribution is -0.121. The summed E-state index contributed by atoms with van der Waals surface area (Å²) in [5.41, 5.74) is 1.29. The molecule has 2 aromatic heterocycles. The third kappa shape index (κ3) is 3.78. The largest absolute Gasteiger partial charge is 0.353 e. The van der Waals surface area contributed by atoms with E-state index in [1.54, 1.807) is 31.3 Å². The quantitative estimate of drug-likeness (QED) is 0.898. The SMILES string of the molecule is Cc1cc(NC(=O)C(C)N2CCN(c3ncccc3C#N)CC2)on1. The van der Waals surface area contributed by atoms with Gasteiger partial charge in [-0.25, -0.2) is 4.98 Å². The van der Waals surface area contributed by atoms with Crippen LogP contribution in [0.2, 0.25) is 0 Å². The van der Waals surface area contributed by atoms with Crippen LogP contribution in [0.1, 0.15) is 18.2 Å². The molecule has 2 aromatic rings. The standard InChI is InChI=1S/C17H20N6O2/c1-12-10-15(25-21-12)20-17(24)13(2)22-6-8-23(9-7-22)16-14(11-18)4-3-5-19-16/h3-5,10,13H,6-9H2,1-2H3,(H,20,24). The number of rotatable bonds is 4. The zero-order valence-corrected chi connectivity index (χ0v) is 14.3. The van der Waals surface area contributed by atoms with Gasteiger partial charge >= 0.3 is 0 Å². The molecule has 0 aliphatic carbocycles. The maximum absolute atomic E-state index is 12.4. The lowest BCUT2D eigenvalue weighted by atomic mass is 10.2. The van der Waals surface area contributed by atoms with Gasteiger partial charge in [0.15, 0.2) is 0 Å². The first-order valence-corrected chi connectivity index (χ1v) is 8.17. The van der Waals surface area contributed by atoms with Crippen molar-refractivity contribution in [3.05, 3.63) is 35.7 Å². The second-order valence-corrected chi connectivity index (χ2v) is 6.01. The van der Waals surface area contributed by atoms with Crippen LogP contribution in [0.4, 0.5) is 11.7 Å². The monoisotopic (exact) mass is 340 g/mol. The van der Waals surface area contributed by atoms with Crippen LogP contribution in [0.5, 0.6) is 0 Å². The zero-order valence-electron chi connectivity index (χ0n) is 14.3. The zero-order chi connectivity index (χ0) is 17.8. The first-order valence-electron chi connectivity index (χ1n) is 8.17. The summed E-state index contributed by atoms with van der Waals surface area (Å²) in [6.45, 7) is 6.52. The third-order valence-electron chi connectivity index (χ3n) is 4.32. The van der Waals surface area contributed by atoms with E-state index < -0.39 is 0 Å². The van der Waals surface area contributed by atoms with Crippen LogP contribution >= 0.6 is 0 Å². The highest BCUT2D eigenvalue weighted by Crippen LogP contribution is 2.19. The molecule has 1 N–H and O–H groups in total. The molecule has 25 heavy (non-hydrogen) atoms. The van der Waals surface area contributed by atoms with Crippen molar-refractivity contribution in [1.82, 2.24) is 15.0 Å². The Morgan fingerprint density at radius 1 is 1.40 bits per heavy atom. The number of carbonyl (C=O) groups is 1. The van der Waals surface area contributed by atoms with Gasteiger partial charge in [-0.1, -0.05) is 5.16 Å². The highest BCUT2D eigenvalue weighted by atomic mass is 16.5. The summed E-state index contributed by atoms with van der Waals surface area (Å²) in [5.74, 6) is 0.944. The normalized spacial score (nSPS) is 16.3. The van der Waals surface area contributed by atoms with Gasteiger partial charge < -0.3 is 9.42 Å². The van der Waals surface area contributed by atoms with Gasteiger partial charge in [-0.15, -0.1) is 0 Å². The number of anilines is 2. The van der Waals surface area contributed by atoms with Crippen LogP contribution in [0.25, 0.3) is 0 Å². The van der Waals surface area contributed by atoms with E-state index in [1.807, 2.05) is 6.92 Å². The van der Waals surface area contributed by atoms with Crippen molar-refractivity contribution in [2.45, 2.75) is 19.9 Å². The second-order valence-electron chi connectivity index (χ2n) is 6.01. The predicted octanol–water partition coefficient (Wildman–Crippen LogP) is 1.40. The first-order chi connectivity index (χ1) is 12.1. The van der Waals surface area contributed by atoms with Gasteiger partial charge in [0.1, 0.15) is 11.9 Å². The number of aryl methyl sites for hydroxylation is 1. The van der Waals surface area contributed by atoms with E-state index in [-0.39, 0.29) is 11.9 Å². The number of nitriles is 1. The van der Waals surface area contributed by atoms with Gasteiger partial charge in [0.2, 0.25) is 11.8 Å². The van der Waals surface area contributed by atoms with E-state index in [0.717, 1.165) is 5.69 Å². The Hall–Kier alpha value is -2.92. The summed E-state index contributed by atoms with van der Waals surface area (Å²) in [4.78, 5) is 20.9. The Morgan fingerprint density at radius 3 is 2.80 bits per heavy atom. The van der Waals surface area contributed by atoms with Crippen LogP contribution in [-0.4, -0.2) is 53.2 Å². The Morgan fingerprint density at radius 2 is 2.16 bits per heavy atom. The smallest absolute Gasteiger partial charge is 0.243 e. The molecule has 0 saturated carbocycles. The van der Waals surface area contributed by atoms with Crippen molar-refractivity contribution in [2.75, 3.05) is 36.4 Å². The second kappa shape index (κ2) is 7.32. The van der Waals surface area contributed by atoms with Crippen LogP contribution in [0.3, 0.4) is 0 Å². The topological polar surface area (TPSA) is 98.3 Å². The molecule has 1 unspecified atom stereocenters. The van der Waals surface area contributed by atoms with Gasteiger partial charge in [0.25, 0.3) is 0 Å². The Balaban J connectivity index is 1.58. The van der Waals surface area contributed by atoms with Crippen molar-refractivity contribution < 1.29 is 9.32 Å². The van der Waals surface area contributed by atoms with Crippen molar-refractivity contribution in [2.24, 2.45) is 0 Å². The summed E-state index contributed by atoms with van der Waals surface area (Å²) in [7, 11) is 0. The number of hydrogen-bond donors (Lipinski definition) is 1. The summed E-state index contributed by atoms with van der Waals surface area (Å²) >= 11 is 0. The minimum Gasteiger partial charge on any atom is -0.353 e. The molecule has 0 radical (unpaired) electrons. The van der Waals surface area contributed by atoms with Crippen molar-refractivity contribution in [3.8, 4) is 6.07 Å². The van der Waals surface area contributed by atoms with Gasteiger partial charge in [-0.2, -0.15) is 5.26 Å². The number of aromatic nitrogens is 2. The molecule has 1 aliphatic heterocycles. The molecule has 3 heterocycles. The van der Waals surface area contributed by atoms with Gasteiger partial charge in [-0.3, -0.25) is 15.0 Å². The van der Waals surface area contributed by atoms with Crippen LogP contribution in [0.15, 0.2) is 28.9 Å². The highest BCUT2D eigenvalue weighted by Gasteiger charge is 2.27. The molecule has 0 spiro atoms. The lowest BCUT2D eigenvalue weighted by Crippen LogP contribution is -2.53. The maximum Gasteiger partial charge on any atom is 0.243 e. The van der Waals surface area contributed by atoms with E-state index >= 15 is 0 Å². The number of nitrogens with one attached hydrogen (secondary N) is 1. The van der Waals surface area contributed by atoms with E-state index in [2.05, 4.69) is 31.3 Å². The van der Waals surface area contributed by atoms with Gasteiger partial charge in [0, 0.05) is 38.4 Å². The van der Waals surface area contributed by atoms with E-state index in [4.69, 9.17) is 4.52 Å². The summed E-state index contributed by atoms with van der Waals surface area (Å²) in [5, 5.41) is 15.7. The molecule has 3 rings (SSSR count). The van der Waals surface area contributed by atoms with Crippen LogP contribution < -0.4 is 10.2 Å². The number of carbonyl (C=O) groups excluding carboxylic acids is 1.